The van der Waals surface area contributed by atoms with Gasteiger partial charge in [0.25, 0.3) is 0 Å². The molecule has 108 valence electrons. The largest absolute Gasteiger partial charge is 0.481 e. The van der Waals surface area contributed by atoms with Gasteiger partial charge < -0.3 is 16.2 Å². The number of nitrogens with one attached hydrogen (secondary N) is 1. The molecule has 4 N–H and O–H groups in total. The van der Waals surface area contributed by atoms with E-state index in [4.69, 9.17) is 10.8 Å². The third-order valence-corrected chi connectivity index (χ3v) is 2.65. The van der Waals surface area contributed by atoms with Crippen molar-refractivity contribution in [2.75, 3.05) is 7.05 Å². The number of likely N-dealkylation sites (N-methyl/N-ethyl adjacent to an activating group) is 1. The molecule has 0 aromatic heterocycles. The van der Waals surface area contributed by atoms with Gasteiger partial charge in [-0.3, -0.25) is 24.1 Å². The quantitative estimate of drug-likeness (QED) is 0.528. The SMILES string of the molecule is CN[C@@H](C)C(=O)N(C(C)=O)[C@H](CCC(=O)O)C(N)=O. The van der Waals surface area contributed by atoms with Crippen molar-refractivity contribution in [3.05, 3.63) is 0 Å². The van der Waals surface area contributed by atoms with Crippen LogP contribution in [-0.2, 0) is 19.2 Å². The van der Waals surface area contributed by atoms with E-state index >= 15 is 0 Å². The van der Waals surface area contributed by atoms with Crippen molar-refractivity contribution in [2.45, 2.75) is 38.8 Å². The third kappa shape index (κ3) is 5.04. The Bertz CT molecular complexity index is 383. The Morgan fingerprint density at radius 1 is 1.32 bits per heavy atom. The molecule has 0 fully saturated rings. The van der Waals surface area contributed by atoms with Crippen LogP contribution in [-0.4, -0.2) is 52.8 Å². The van der Waals surface area contributed by atoms with E-state index in [9.17, 15) is 19.2 Å². The zero-order chi connectivity index (χ0) is 15.2. The number of rotatable bonds is 7. The summed E-state index contributed by atoms with van der Waals surface area (Å²) in [5.74, 6) is -3.32. The minimum atomic E-state index is -1.25. The minimum Gasteiger partial charge on any atom is -0.481 e. The predicted molar refractivity (Wildman–Crippen MR) is 65.9 cm³/mol. The summed E-state index contributed by atoms with van der Waals surface area (Å²) in [7, 11) is 1.53. The predicted octanol–water partition coefficient (Wildman–Crippen LogP) is -1.31. The second-order valence-electron chi connectivity index (χ2n) is 4.09. The maximum Gasteiger partial charge on any atom is 0.303 e. The molecule has 0 aromatic carbocycles. The highest BCUT2D eigenvalue weighted by atomic mass is 16.4. The first-order valence-electron chi connectivity index (χ1n) is 5.74. The van der Waals surface area contributed by atoms with Crippen molar-refractivity contribution >= 4 is 23.7 Å². The smallest absolute Gasteiger partial charge is 0.303 e. The second kappa shape index (κ2) is 7.47. The van der Waals surface area contributed by atoms with Crippen molar-refractivity contribution in [3.8, 4) is 0 Å². The summed E-state index contributed by atoms with van der Waals surface area (Å²) in [6.45, 7) is 2.64. The molecule has 2 atom stereocenters. The fourth-order valence-corrected chi connectivity index (χ4v) is 1.52. The van der Waals surface area contributed by atoms with E-state index in [-0.39, 0.29) is 12.8 Å². The van der Waals surface area contributed by atoms with Crippen LogP contribution in [0.5, 0.6) is 0 Å². The van der Waals surface area contributed by atoms with Gasteiger partial charge in [-0.15, -0.1) is 0 Å². The number of carboxylic acid groups (broad SMARTS) is 1. The molecule has 0 aromatic rings. The lowest BCUT2D eigenvalue weighted by atomic mass is 10.1. The van der Waals surface area contributed by atoms with E-state index < -0.39 is 35.8 Å². The molecule has 0 aliphatic carbocycles. The van der Waals surface area contributed by atoms with Crippen LogP contribution in [0.2, 0.25) is 0 Å². The Kier molecular flexibility index (Phi) is 6.70. The molecule has 0 bridgehead atoms. The summed E-state index contributed by atoms with van der Waals surface area (Å²) >= 11 is 0. The van der Waals surface area contributed by atoms with E-state index in [1.807, 2.05) is 0 Å². The van der Waals surface area contributed by atoms with Gasteiger partial charge in [-0.1, -0.05) is 0 Å². The molecule has 0 spiro atoms. The van der Waals surface area contributed by atoms with Crippen LogP contribution < -0.4 is 11.1 Å². The summed E-state index contributed by atoms with van der Waals surface area (Å²) in [5.41, 5.74) is 5.14. The number of primary amides is 1. The maximum absolute atomic E-state index is 12.0. The van der Waals surface area contributed by atoms with E-state index in [0.717, 1.165) is 6.92 Å². The molecule has 0 heterocycles. The Balaban J connectivity index is 5.18. The van der Waals surface area contributed by atoms with Gasteiger partial charge in [0.1, 0.15) is 6.04 Å². The van der Waals surface area contributed by atoms with Gasteiger partial charge in [-0.25, -0.2) is 0 Å². The van der Waals surface area contributed by atoms with Crippen LogP contribution in [0.25, 0.3) is 0 Å². The van der Waals surface area contributed by atoms with Gasteiger partial charge in [0.2, 0.25) is 17.7 Å². The molecule has 0 radical (unpaired) electrons. The van der Waals surface area contributed by atoms with E-state index in [2.05, 4.69) is 5.32 Å². The first kappa shape index (κ1) is 17.0. The van der Waals surface area contributed by atoms with Crippen LogP contribution in [0.1, 0.15) is 26.7 Å². The Morgan fingerprint density at radius 3 is 2.16 bits per heavy atom. The molecule has 0 saturated heterocycles. The van der Waals surface area contributed by atoms with Gasteiger partial charge in [0, 0.05) is 13.3 Å². The number of carbonyl (C=O) groups is 4. The number of aliphatic carboxylic acids is 1. The summed E-state index contributed by atoms with van der Waals surface area (Å²) in [4.78, 5) is 46.1. The number of nitrogens with two attached hydrogens (primary N) is 1. The molecule has 19 heavy (non-hydrogen) atoms. The summed E-state index contributed by atoms with van der Waals surface area (Å²) < 4.78 is 0. The first-order chi connectivity index (χ1) is 8.72. The van der Waals surface area contributed by atoms with Gasteiger partial charge in [0.15, 0.2) is 0 Å². The van der Waals surface area contributed by atoms with Crippen molar-refractivity contribution in [1.82, 2.24) is 10.2 Å². The van der Waals surface area contributed by atoms with E-state index in [0.29, 0.717) is 4.90 Å². The molecule has 8 nitrogen and oxygen atoms in total. The topological polar surface area (TPSA) is 130 Å². The van der Waals surface area contributed by atoms with E-state index in [1.54, 1.807) is 0 Å². The highest BCUT2D eigenvalue weighted by Gasteiger charge is 2.33. The van der Waals surface area contributed by atoms with Crippen LogP contribution in [0.3, 0.4) is 0 Å². The lowest BCUT2D eigenvalue weighted by Gasteiger charge is -2.28. The Hall–Kier alpha value is -1.96. The third-order valence-electron chi connectivity index (χ3n) is 2.65. The van der Waals surface area contributed by atoms with Crippen molar-refractivity contribution in [1.29, 1.82) is 0 Å². The standard InChI is InChI=1S/C11H19N3O5/c1-6(13-3)11(19)14(7(2)15)8(10(12)18)4-5-9(16)17/h6,8,13H,4-5H2,1-3H3,(H2,12,18)(H,16,17)/t6-,8+/m0/s1. The van der Waals surface area contributed by atoms with Gasteiger partial charge in [-0.2, -0.15) is 0 Å². The fraction of sp³-hybridized carbons (Fsp3) is 0.636. The van der Waals surface area contributed by atoms with Gasteiger partial charge in [-0.05, 0) is 20.4 Å². The van der Waals surface area contributed by atoms with Gasteiger partial charge in [0.05, 0.1) is 6.04 Å². The average Bonchev–Trinajstić information content (AvgIpc) is 2.31. The number of carbonyl (C=O) groups excluding carboxylic acids is 3. The first-order valence-corrected chi connectivity index (χ1v) is 5.74. The molecule has 0 unspecified atom stereocenters. The molecular formula is C11H19N3O5. The van der Waals surface area contributed by atoms with Gasteiger partial charge >= 0.3 is 5.97 Å². The molecule has 0 rings (SSSR count). The van der Waals surface area contributed by atoms with Crippen molar-refractivity contribution in [2.24, 2.45) is 5.73 Å². The van der Waals surface area contributed by atoms with Crippen LogP contribution in [0.4, 0.5) is 0 Å². The Labute approximate surface area is 110 Å². The Morgan fingerprint density at radius 2 is 1.84 bits per heavy atom. The fourth-order valence-electron chi connectivity index (χ4n) is 1.52. The van der Waals surface area contributed by atoms with Crippen molar-refractivity contribution < 1.29 is 24.3 Å². The normalized spacial score (nSPS) is 13.4. The van der Waals surface area contributed by atoms with Crippen LogP contribution in [0, 0.1) is 0 Å². The number of amides is 3. The van der Waals surface area contributed by atoms with Crippen LogP contribution >= 0.6 is 0 Å². The average molecular weight is 273 g/mol. The monoisotopic (exact) mass is 273 g/mol. The number of hydrogen-bond acceptors (Lipinski definition) is 5. The number of hydrogen-bond donors (Lipinski definition) is 3. The molecule has 0 saturated carbocycles. The molecule has 0 aliphatic heterocycles. The summed E-state index contributed by atoms with van der Waals surface area (Å²) in [6.07, 6.45) is -0.564. The second-order valence-corrected chi connectivity index (χ2v) is 4.09. The van der Waals surface area contributed by atoms with Crippen LogP contribution in [0.15, 0.2) is 0 Å². The molecular weight excluding hydrogens is 254 g/mol. The summed E-state index contributed by atoms with van der Waals surface area (Å²) in [5, 5.41) is 11.3. The molecule has 8 heteroatoms. The van der Waals surface area contributed by atoms with E-state index in [1.165, 1.54) is 14.0 Å². The highest BCUT2D eigenvalue weighted by molar-refractivity contribution is 6.01. The van der Waals surface area contributed by atoms with Crippen molar-refractivity contribution in [3.63, 3.8) is 0 Å². The molecule has 0 aliphatic rings. The highest BCUT2D eigenvalue weighted by Crippen LogP contribution is 2.10. The lowest BCUT2D eigenvalue weighted by molar-refractivity contribution is -0.152. The number of imide groups is 1. The number of carboxylic acids is 1. The minimum absolute atomic E-state index is 0.202. The zero-order valence-electron chi connectivity index (χ0n) is 11.2. The zero-order valence-corrected chi connectivity index (χ0v) is 11.2. The lowest BCUT2D eigenvalue weighted by Crippen LogP contribution is -2.55. The molecule has 3 amide bonds. The summed E-state index contributed by atoms with van der Waals surface area (Å²) in [6, 6.07) is -1.94. The maximum atomic E-state index is 12.0. The number of nitrogens with zero attached hydrogens (tertiary/aromatic N) is 1.